The quantitative estimate of drug-likeness (QED) is 0.776. The number of nitrogens with zero attached hydrogens (tertiary/aromatic N) is 1. The van der Waals surface area contributed by atoms with Crippen LogP contribution in [-0.2, 0) is 17.8 Å². The van der Waals surface area contributed by atoms with Gasteiger partial charge in [0.2, 0.25) is 5.91 Å². The van der Waals surface area contributed by atoms with Crippen LogP contribution < -0.4 is 11.0 Å². The van der Waals surface area contributed by atoms with Gasteiger partial charge in [0.1, 0.15) is 6.54 Å². The van der Waals surface area contributed by atoms with E-state index in [2.05, 4.69) is 17.2 Å². The summed E-state index contributed by atoms with van der Waals surface area (Å²) < 4.78 is 1.44. The number of hydrogen-bond donors (Lipinski definition) is 2. The number of H-pyrrole nitrogens is 1. The number of benzene rings is 2. The summed E-state index contributed by atoms with van der Waals surface area (Å²) in [5, 5.41) is 2.83. The summed E-state index contributed by atoms with van der Waals surface area (Å²) in [7, 11) is 0. The van der Waals surface area contributed by atoms with Crippen LogP contribution in [-0.4, -0.2) is 15.5 Å². The largest absolute Gasteiger partial charge is 0.326 e. The first-order valence-corrected chi connectivity index (χ1v) is 7.23. The minimum absolute atomic E-state index is 0.0147. The molecule has 2 N–H and O–H groups in total. The van der Waals surface area contributed by atoms with Gasteiger partial charge in [0.15, 0.2) is 0 Å². The SMILES string of the molecule is CCc1cccc(NC(=O)Cn2c(=O)[nH]c3ccccc32)c1. The van der Waals surface area contributed by atoms with Crippen molar-refractivity contribution in [1.29, 1.82) is 0 Å². The Labute approximate surface area is 127 Å². The number of aromatic amines is 1. The van der Waals surface area contributed by atoms with E-state index in [9.17, 15) is 9.59 Å². The highest BCUT2D eigenvalue weighted by Gasteiger charge is 2.10. The molecule has 0 aliphatic carbocycles. The third-order valence-electron chi connectivity index (χ3n) is 3.60. The van der Waals surface area contributed by atoms with E-state index < -0.39 is 0 Å². The van der Waals surface area contributed by atoms with E-state index in [-0.39, 0.29) is 18.1 Å². The Morgan fingerprint density at radius 2 is 2.00 bits per heavy atom. The number of anilines is 1. The summed E-state index contributed by atoms with van der Waals surface area (Å²) in [5.74, 6) is -0.222. The normalized spacial score (nSPS) is 10.8. The second kappa shape index (κ2) is 5.89. The number of imidazole rings is 1. The molecule has 112 valence electrons. The zero-order chi connectivity index (χ0) is 15.5. The van der Waals surface area contributed by atoms with Crippen molar-refractivity contribution in [2.24, 2.45) is 0 Å². The van der Waals surface area contributed by atoms with Crippen molar-refractivity contribution in [2.45, 2.75) is 19.9 Å². The van der Waals surface area contributed by atoms with Gasteiger partial charge < -0.3 is 10.3 Å². The fraction of sp³-hybridized carbons (Fsp3) is 0.176. The number of carbonyl (C=O) groups is 1. The minimum Gasteiger partial charge on any atom is -0.325 e. The molecule has 0 atom stereocenters. The molecule has 0 aliphatic heterocycles. The Balaban J connectivity index is 1.81. The van der Waals surface area contributed by atoms with Crippen molar-refractivity contribution in [3.8, 4) is 0 Å². The van der Waals surface area contributed by atoms with Gasteiger partial charge in [-0.1, -0.05) is 31.2 Å². The molecule has 0 bridgehead atoms. The predicted molar refractivity (Wildman–Crippen MR) is 87.0 cm³/mol. The second-order valence-corrected chi connectivity index (χ2v) is 5.14. The lowest BCUT2D eigenvalue weighted by molar-refractivity contribution is -0.116. The number of rotatable bonds is 4. The maximum Gasteiger partial charge on any atom is 0.326 e. The standard InChI is InChI=1S/C17H17N3O2/c1-2-12-6-5-7-13(10-12)18-16(21)11-20-15-9-4-3-8-14(15)19-17(20)22/h3-10H,2,11H2,1H3,(H,18,21)(H,19,22). The van der Waals surface area contributed by atoms with E-state index >= 15 is 0 Å². The van der Waals surface area contributed by atoms with Gasteiger partial charge in [-0.15, -0.1) is 0 Å². The van der Waals surface area contributed by atoms with Crippen LogP contribution in [0.25, 0.3) is 11.0 Å². The first kappa shape index (κ1) is 14.1. The van der Waals surface area contributed by atoms with Gasteiger partial charge in [-0.05, 0) is 36.2 Å². The summed E-state index contributed by atoms with van der Waals surface area (Å²) in [6.45, 7) is 2.05. The highest BCUT2D eigenvalue weighted by Crippen LogP contribution is 2.12. The highest BCUT2D eigenvalue weighted by atomic mass is 16.2. The van der Waals surface area contributed by atoms with E-state index in [4.69, 9.17) is 0 Å². The van der Waals surface area contributed by atoms with Crippen molar-refractivity contribution < 1.29 is 4.79 Å². The van der Waals surface area contributed by atoms with Gasteiger partial charge in [0.05, 0.1) is 11.0 Å². The number of nitrogens with one attached hydrogen (secondary N) is 2. The van der Waals surface area contributed by atoms with Crippen molar-refractivity contribution in [1.82, 2.24) is 9.55 Å². The van der Waals surface area contributed by atoms with Gasteiger partial charge in [0.25, 0.3) is 0 Å². The van der Waals surface area contributed by atoms with Crippen LogP contribution in [0.4, 0.5) is 5.69 Å². The molecule has 0 saturated carbocycles. The van der Waals surface area contributed by atoms with Crippen LogP contribution in [0.1, 0.15) is 12.5 Å². The average molecular weight is 295 g/mol. The molecular weight excluding hydrogens is 278 g/mol. The summed E-state index contributed by atoms with van der Waals surface area (Å²) in [6, 6.07) is 15.0. The van der Waals surface area contributed by atoms with Crippen LogP contribution in [0.15, 0.2) is 53.3 Å². The Kier molecular flexibility index (Phi) is 3.78. The molecule has 1 heterocycles. The van der Waals surface area contributed by atoms with Gasteiger partial charge in [-0.2, -0.15) is 0 Å². The third kappa shape index (κ3) is 2.79. The number of aromatic nitrogens is 2. The molecule has 0 aliphatic rings. The lowest BCUT2D eigenvalue weighted by atomic mass is 10.1. The van der Waals surface area contributed by atoms with E-state index in [1.807, 2.05) is 48.5 Å². The number of hydrogen-bond acceptors (Lipinski definition) is 2. The van der Waals surface area contributed by atoms with Gasteiger partial charge in [0, 0.05) is 5.69 Å². The number of aryl methyl sites for hydroxylation is 1. The maximum absolute atomic E-state index is 12.2. The van der Waals surface area contributed by atoms with Gasteiger partial charge >= 0.3 is 5.69 Å². The fourth-order valence-electron chi connectivity index (χ4n) is 2.48. The highest BCUT2D eigenvalue weighted by molar-refractivity contribution is 5.91. The van der Waals surface area contributed by atoms with E-state index in [0.717, 1.165) is 28.7 Å². The zero-order valence-electron chi connectivity index (χ0n) is 12.3. The van der Waals surface area contributed by atoms with Crippen LogP contribution in [0.3, 0.4) is 0 Å². The van der Waals surface area contributed by atoms with Crippen LogP contribution >= 0.6 is 0 Å². The molecule has 3 rings (SSSR count). The van der Waals surface area contributed by atoms with Gasteiger partial charge in [-0.3, -0.25) is 9.36 Å². The minimum atomic E-state index is -0.279. The molecule has 3 aromatic rings. The first-order valence-electron chi connectivity index (χ1n) is 7.23. The second-order valence-electron chi connectivity index (χ2n) is 5.14. The molecule has 0 fully saturated rings. The van der Waals surface area contributed by atoms with E-state index in [0.29, 0.717) is 0 Å². The Morgan fingerprint density at radius 1 is 1.18 bits per heavy atom. The summed E-state index contributed by atoms with van der Waals surface area (Å²) in [5.41, 5.74) is 3.08. The topological polar surface area (TPSA) is 66.9 Å². The molecule has 5 nitrogen and oxygen atoms in total. The van der Waals surface area contributed by atoms with Crippen molar-refractivity contribution >= 4 is 22.6 Å². The molecule has 0 saturated heterocycles. The first-order chi connectivity index (χ1) is 10.7. The zero-order valence-corrected chi connectivity index (χ0v) is 12.3. The molecular formula is C17H17N3O2. The number of carbonyl (C=O) groups excluding carboxylic acids is 1. The molecule has 0 radical (unpaired) electrons. The van der Waals surface area contributed by atoms with Crippen molar-refractivity contribution in [3.63, 3.8) is 0 Å². The van der Waals surface area contributed by atoms with Crippen LogP contribution in [0, 0.1) is 0 Å². The van der Waals surface area contributed by atoms with Crippen LogP contribution in [0.5, 0.6) is 0 Å². The Morgan fingerprint density at radius 3 is 2.82 bits per heavy atom. The molecule has 5 heteroatoms. The Bertz CT molecular complexity index is 877. The Hall–Kier alpha value is -2.82. The summed E-state index contributed by atoms with van der Waals surface area (Å²) in [6.07, 6.45) is 0.908. The monoisotopic (exact) mass is 295 g/mol. The fourth-order valence-corrected chi connectivity index (χ4v) is 2.48. The maximum atomic E-state index is 12.2. The van der Waals surface area contributed by atoms with Crippen LogP contribution in [0.2, 0.25) is 0 Å². The number of fused-ring (bicyclic) bond motifs is 1. The molecule has 0 spiro atoms. The predicted octanol–water partition coefficient (Wildman–Crippen LogP) is 2.53. The third-order valence-corrected chi connectivity index (χ3v) is 3.60. The summed E-state index contributed by atoms with van der Waals surface area (Å²) >= 11 is 0. The van der Waals surface area contributed by atoms with Crippen molar-refractivity contribution in [3.05, 3.63) is 64.6 Å². The average Bonchev–Trinajstić information content (AvgIpc) is 2.83. The number of para-hydroxylation sites is 2. The van der Waals surface area contributed by atoms with Crippen molar-refractivity contribution in [2.75, 3.05) is 5.32 Å². The lowest BCUT2D eigenvalue weighted by Crippen LogP contribution is -2.25. The van der Waals surface area contributed by atoms with Gasteiger partial charge in [-0.25, -0.2) is 4.79 Å². The molecule has 2 aromatic carbocycles. The number of amides is 1. The molecule has 1 aromatic heterocycles. The molecule has 0 unspecified atom stereocenters. The van der Waals surface area contributed by atoms with E-state index in [1.165, 1.54) is 4.57 Å². The molecule has 1 amide bonds. The summed E-state index contributed by atoms with van der Waals surface area (Å²) in [4.78, 5) is 26.9. The smallest absolute Gasteiger partial charge is 0.325 e. The van der Waals surface area contributed by atoms with E-state index in [1.54, 1.807) is 0 Å². The molecule has 22 heavy (non-hydrogen) atoms. The lowest BCUT2D eigenvalue weighted by Gasteiger charge is -2.07.